The Bertz CT molecular complexity index is 172. The number of hydrogen-bond donors (Lipinski definition) is 2. The highest BCUT2D eigenvalue weighted by Crippen LogP contribution is 1.79. The van der Waals surface area contributed by atoms with Gasteiger partial charge in [-0.25, -0.2) is 5.48 Å². The summed E-state index contributed by atoms with van der Waals surface area (Å²) in [6, 6.07) is 0. The van der Waals surface area contributed by atoms with Crippen molar-refractivity contribution in [3.05, 3.63) is 0 Å². The Labute approximate surface area is 76.3 Å². The third-order valence-corrected chi connectivity index (χ3v) is 0.982. The molecule has 0 saturated carbocycles. The van der Waals surface area contributed by atoms with Crippen LogP contribution in [0, 0.1) is 0 Å². The van der Waals surface area contributed by atoms with Gasteiger partial charge in [-0.1, -0.05) is 6.92 Å². The maximum Gasteiger partial charge on any atom is 0.269 e. The van der Waals surface area contributed by atoms with E-state index in [4.69, 9.17) is 10.5 Å². The fraction of sp³-hybridized carbons (Fsp3) is 0.714. The fourth-order valence-corrected chi connectivity index (χ4v) is 0.526. The molecule has 3 N–H and O–H groups in total. The van der Waals surface area contributed by atoms with E-state index in [0.29, 0.717) is 6.61 Å². The van der Waals surface area contributed by atoms with Crippen LogP contribution in [0.4, 0.5) is 0 Å². The Balaban J connectivity index is 3.25. The van der Waals surface area contributed by atoms with Gasteiger partial charge in [0.1, 0.15) is 6.61 Å². The van der Waals surface area contributed by atoms with Crippen molar-refractivity contribution in [3.63, 3.8) is 0 Å². The lowest BCUT2D eigenvalue weighted by molar-refractivity contribution is -0.141. The van der Waals surface area contributed by atoms with E-state index in [1.165, 1.54) is 0 Å². The van der Waals surface area contributed by atoms with E-state index < -0.39 is 11.8 Å². The average Bonchev–Trinajstić information content (AvgIpc) is 2.04. The van der Waals surface area contributed by atoms with Gasteiger partial charge in [0.05, 0.1) is 0 Å². The molecule has 0 spiro atoms. The minimum Gasteiger partial charge on any atom is -0.372 e. The second kappa shape index (κ2) is 7.51. The van der Waals surface area contributed by atoms with Crippen LogP contribution in [0.15, 0.2) is 0 Å². The van der Waals surface area contributed by atoms with Crippen LogP contribution >= 0.6 is 0 Å². The molecule has 0 aliphatic heterocycles. The monoisotopic (exact) mass is 190 g/mol. The molecule has 0 radical (unpaired) electrons. The van der Waals surface area contributed by atoms with Crippen molar-refractivity contribution in [2.24, 2.45) is 5.73 Å². The third-order valence-electron chi connectivity index (χ3n) is 0.982. The fourth-order valence-electron chi connectivity index (χ4n) is 0.526. The summed E-state index contributed by atoms with van der Waals surface area (Å²) < 4.78 is 4.89. The Morgan fingerprint density at radius 3 is 2.62 bits per heavy atom. The lowest BCUT2D eigenvalue weighted by Crippen LogP contribution is -2.31. The number of hydroxylamine groups is 1. The van der Waals surface area contributed by atoms with E-state index in [1.54, 1.807) is 0 Å². The van der Waals surface area contributed by atoms with Gasteiger partial charge in [-0.2, -0.15) is 0 Å². The Morgan fingerprint density at radius 1 is 1.38 bits per heavy atom. The first-order chi connectivity index (χ1) is 6.16. The molecule has 0 saturated heterocycles. The summed E-state index contributed by atoms with van der Waals surface area (Å²) in [4.78, 5) is 25.4. The summed E-state index contributed by atoms with van der Waals surface area (Å²) in [5, 5.41) is 0. The van der Waals surface area contributed by atoms with Gasteiger partial charge in [-0.15, -0.1) is 0 Å². The average molecular weight is 190 g/mol. The first kappa shape index (κ1) is 11.9. The first-order valence-electron chi connectivity index (χ1n) is 3.93. The van der Waals surface area contributed by atoms with Gasteiger partial charge in [0.15, 0.2) is 6.61 Å². The molecule has 0 atom stereocenters. The Kier molecular flexibility index (Phi) is 6.85. The highest BCUT2D eigenvalue weighted by atomic mass is 16.7. The van der Waals surface area contributed by atoms with Crippen LogP contribution in [0.2, 0.25) is 0 Å². The molecule has 0 rings (SSSR count). The predicted octanol–water partition coefficient (Wildman–Crippen LogP) is -1.05. The van der Waals surface area contributed by atoms with Gasteiger partial charge in [0.2, 0.25) is 5.91 Å². The van der Waals surface area contributed by atoms with Gasteiger partial charge < -0.3 is 10.5 Å². The second-order valence-corrected chi connectivity index (χ2v) is 2.33. The van der Waals surface area contributed by atoms with Crippen LogP contribution in [0.3, 0.4) is 0 Å². The van der Waals surface area contributed by atoms with Crippen molar-refractivity contribution in [1.82, 2.24) is 5.48 Å². The van der Waals surface area contributed by atoms with Crippen LogP contribution in [0.5, 0.6) is 0 Å². The van der Waals surface area contributed by atoms with Crippen LogP contribution in [0.1, 0.15) is 13.3 Å². The molecule has 0 aliphatic carbocycles. The third kappa shape index (κ3) is 8.77. The molecule has 6 nitrogen and oxygen atoms in total. The van der Waals surface area contributed by atoms with Crippen LogP contribution in [0.25, 0.3) is 0 Å². The molecular weight excluding hydrogens is 176 g/mol. The van der Waals surface area contributed by atoms with Gasteiger partial charge >= 0.3 is 0 Å². The Morgan fingerprint density at radius 2 is 2.08 bits per heavy atom. The molecule has 6 heteroatoms. The topological polar surface area (TPSA) is 90.7 Å². The molecule has 0 aliphatic rings. The summed E-state index contributed by atoms with van der Waals surface area (Å²) in [5.41, 5.74) is 6.76. The minimum absolute atomic E-state index is 0.0768. The Hall–Kier alpha value is -1.14. The van der Waals surface area contributed by atoms with Crippen molar-refractivity contribution in [2.75, 3.05) is 19.8 Å². The highest BCUT2D eigenvalue weighted by Gasteiger charge is 2.01. The van der Waals surface area contributed by atoms with Crippen LogP contribution in [-0.2, 0) is 19.2 Å². The maximum atomic E-state index is 10.8. The van der Waals surface area contributed by atoms with Crippen molar-refractivity contribution in [2.45, 2.75) is 13.3 Å². The van der Waals surface area contributed by atoms with Crippen molar-refractivity contribution in [3.8, 4) is 0 Å². The first-order valence-corrected chi connectivity index (χ1v) is 3.93. The molecule has 0 heterocycles. The van der Waals surface area contributed by atoms with E-state index in [1.807, 2.05) is 12.4 Å². The number of nitrogens with one attached hydrogen (secondary N) is 1. The number of rotatable bonds is 7. The summed E-state index contributed by atoms with van der Waals surface area (Å²) in [5.74, 6) is -1.08. The molecule has 0 unspecified atom stereocenters. The van der Waals surface area contributed by atoms with E-state index in [2.05, 4.69) is 4.84 Å². The number of carbonyl (C=O) groups is 2. The number of hydrogen-bond acceptors (Lipinski definition) is 4. The molecular formula is C7H14N2O4. The van der Waals surface area contributed by atoms with Gasteiger partial charge in [-0.05, 0) is 6.42 Å². The molecule has 0 bridgehead atoms. The molecule has 2 amide bonds. The molecule has 0 aromatic rings. The number of primary amides is 1. The summed E-state index contributed by atoms with van der Waals surface area (Å²) >= 11 is 0. The number of ether oxygens (including phenoxy) is 1. The number of nitrogens with two attached hydrogens (primary N) is 1. The van der Waals surface area contributed by atoms with E-state index >= 15 is 0 Å². The molecule has 0 aromatic carbocycles. The summed E-state index contributed by atoms with van der Waals surface area (Å²) in [6.45, 7) is 2.04. The van der Waals surface area contributed by atoms with Crippen molar-refractivity contribution < 1.29 is 19.2 Å². The SMILES string of the molecule is CCCOCC(=O)NOCC(N)=O. The van der Waals surface area contributed by atoms with Crippen LogP contribution in [-0.4, -0.2) is 31.6 Å². The number of amides is 2. The number of carbonyl (C=O) groups excluding carboxylic acids is 2. The zero-order valence-electron chi connectivity index (χ0n) is 7.54. The zero-order chi connectivity index (χ0) is 10.1. The molecule has 13 heavy (non-hydrogen) atoms. The summed E-state index contributed by atoms with van der Waals surface area (Å²) in [6.07, 6.45) is 0.843. The quantitative estimate of drug-likeness (QED) is 0.395. The molecule has 0 fully saturated rings. The maximum absolute atomic E-state index is 10.8. The summed E-state index contributed by atoms with van der Waals surface area (Å²) in [7, 11) is 0. The lowest BCUT2D eigenvalue weighted by Gasteiger charge is -2.03. The highest BCUT2D eigenvalue weighted by molar-refractivity contribution is 5.77. The van der Waals surface area contributed by atoms with Crippen molar-refractivity contribution >= 4 is 11.8 Å². The van der Waals surface area contributed by atoms with E-state index in [9.17, 15) is 9.59 Å². The second-order valence-electron chi connectivity index (χ2n) is 2.33. The lowest BCUT2D eigenvalue weighted by atomic mass is 10.5. The standard InChI is InChI=1S/C7H14N2O4/c1-2-3-12-5-7(11)9-13-4-6(8)10/h2-5H2,1H3,(H2,8,10)(H,9,11). The molecule has 0 aromatic heterocycles. The smallest absolute Gasteiger partial charge is 0.269 e. The normalized spacial score (nSPS) is 9.62. The van der Waals surface area contributed by atoms with Gasteiger partial charge in [-0.3, -0.25) is 14.4 Å². The van der Waals surface area contributed by atoms with Gasteiger partial charge in [0, 0.05) is 6.61 Å². The van der Waals surface area contributed by atoms with Crippen LogP contribution < -0.4 is 11.2 Å². The van der Waals surface area contributed by atoms with E-state index in [-0.39, 0.29) is 13.2 Å². The zero-order valence-corrected chi connectivity index (χ0v) is 7.54. The van der Waals surface area contributed by atoms with Gasteiger partial charge in [0.25, 0.3) is 5.91 Å². The molecule has 76 valence electrons. The minimum atomic E-state index is -0.644. The largest absolute Gasteiger partial charge is 0.372 e. The van der Waals surface area contributed by atoms with E-state index in [0.717, 1.165) is 6.42 Å². The van der Waals surface area contributed by atoms with Crippen molar-refractivity contribution in [1.29, 1.82) is 0 Å². The predicted molar refractivity (Wildman–Crippen MR) is 44.4 cm³/mol.